The molecule has 6 heteroatoms. The Bertz CT molecular complexity index is 1010. The van der Waals surface area contributed by atoms with Crippen LogP contribution in [0.15, 0.2) is 60.9 Å². The summed E-state index contributed by atoms with van der Waals surface area (Å²) in [4.78, 5) is 19.2. The maximum Gasteiger partial charge on any atom is 0.257 e. The number of rotatable bonds is 4. The van der Waals surface area contributed by atoms with Gasteiger partial charge in [0.2, 0.25) is 0 Å². The molecule has 1 N–H and O–H groups in total. The molecule has 0 spiro atoms. The Kier molecular flexibility index (Phi) is 4.69. The third-order valence-electron chi connectivity index (χ3n) is 4.59. The number of fused-ring (bicyclic) bond motifs is 1. The van der Waals surface area contributed by atoms with Gasteiger partial charge in [0.05, 0.1) is 30.2 Å². The number of ether oxygens (including phenoxy) is 1. The van der Waals surface area contributed by atoms with Gasteiger partial charge in [-0.05, 0) is 42.3 Å². The molecule has 0 radical (unpaired) electrons. The molecule has 27 heavy (non-hydrogen) atoms. The molecule has 0 saturated heterocycles. The summed E-state index contributed by atoms with van der Waals surface area (Å²) in [6.45, 7) is 0.869. The Morgan fingerprint density at radius 3 is 2.89 bits per heavy atom. The zero-order chi connectivity index (χ0) is 18.8. The number of methoxy groups -OCH3 is 1. The highest BCUT2D eigenvalue weighted by atomic mass is 35.5. The van der Waals surface area contributed by atoms with Gasteiger partial charge >= 0.3 is 0 Å². The number of hydrogen-bond donors (Lipinski definition) is 1. The van der Waals surface area contributed by atoms with E-state index in [0.29, 0.717) is 22.0 Å². The fourth-order valence-electron chi connectivity index (χ4n) is 3.28. The Labute approximate surface area is 162 Å². The van der Waals surface area contributed by atoms with Crippen LogP contribution in [-0.2, 0) is 6.42 Å². The number of pyridine rings is 1. The van der Waals surface area contributed by atoms with Crippen molar-refractivity contribution in [2.45, 2.75) is 6.42 Å². The van der Waals surface area contributed by atoms with Crippen LogP contribution in [0, 0.1) is 0 Å². The monoisotopic (exact) mass is 379 g/mol. The Balaban J connectivity index is 1.60. The summed E-state index contributed by atoms with van der Waals surface area (Å²) in [5.41, 5.74) is 4.35. The van der Waals surface area contributed by atoms with Crippen LogP contribution in [-0.4, -0.2) is 24.5 Å². The highest BCUT2D eigenvalue weighted by Gasteiger charge is 2.21. The van der Waals surface area contributed by atoms with Gasteiger partial charge in [0.25, 0.3) is 5.91 Å². The Hall–Kier alpha value is -3.05. The van der Waals surface area contributed by atoms with E-state index in [9.17, 15) is 4.79 Å². The lowest BCUT2D eigenvalue weighted by atomic mass is 10.2. The van der Waals surface area contributed by atoms with Gasteiger partial charge in [-0.3, -0.25) is 9.78 Å². The van der Waals surface area contributed by atoms with Crippen LogP contribution in [0.5, 0.6) is 5.75 Å². The zero-order valence-electron chi connectivity index (χ0n) is 14.8. The van der Waals surface area contributed by atoms with Crippen molar-refractivity contribution in [3.63, 3.8) is 0 Å². The number of carbonyl (C=O) groups is 1. The van der Waals surface area contributed by atoms with Crippen LogP contribution >= 0.6 is 11.6 Å². The maximum atomic E-state index is 12.7. The fourth-order valence-corrected chi connectivity index (χ4v) is 3.45. The van der Waals surface area contributed by atoms with Crippen LogP contribution in [0.25, 0.3) is 0 Å². The first-order valence-electron chi connectivity index (χ1n) is 8.61. The standard InChI is InChI=1S/C21H18ClN3O2/c1-27-20-7-6-16(22)11-18(20)24-21(26)15-10-17(13-23-12-15)25-9-8-14-4-2-3-5-19(14)25/h2-7,10-13H,8-9H2,1H3,(H,24,26). The summed E-state index contributed by atoms with van der Waals surface area (Å²) >= 11 is 6.04. The molecule has 0 aliphatic carbocycles. The maximum absolute atomic E-state index is 12.7. The Morgan fingerprint density at radius 2 is 2.04 bits per heavy atom. The first kappa shape index (κ1) is 17.4. The molecule has 0 saturated carbocycles. The number of amides is 1. The van der Waals surface area contributed by atoms with Crippen molar-refractivity contribution in [1.82, 2.24) is 4.98 Å². The smallest absolute Gasteiger partial charge is 0.257 e. The summed E-state index contributed by atoms with van der Waals surface area (Å²) in [5.74, 6) is 0.280. The average molecular weight is 380 g/mol. The second-order valence-corrected chi connectivity index (χ2v) is 6.70. The molecular formula is C21H18ClN3O2. The fraction of sp³-hybridized carbons (Fsp3) is 0.143. The predicted molar refractivity (Wildman–Crippen MR) is 107 cm³/mol. The largest absolute Gasteiger partial charge is 0.495 e. The van der Waals surface area contributed by atoms with Crippen molar-refractivity contribution in [3.8, 4) is 5.75 Å². The number of para-hydroxylation sites is 1. The quantitative estimate of drug-likeness (QED) is 0.714. The molecule has 0 unspecified atom stereocenters. The molecule has 5 nitrogen and oxygen atoms in total. The topological polar surface area (TPSA) is 54.5 Å². The molecule has 4 rings (SSSR count). The minimum Gasteiger partial charge on any atom is -0.495 e. The first-order chi connectivity index (χ1) is 13.2. The highest BCUT2D eigenvalue weighted by Crippen LogP contribution is 2.34. The summed E-state index contributed by atoms with van der Waals surface area (Å²) in [7, 11) is 1.55. The molecule has 2 heterocycles. The molecule has 0 atom stereocenters. The molecular weight excluding hydrogens is 362 g/mol. The zero-order valence-corrected chi connectivity index (χ0v) is 15.5. The number of hydrogen-bond acceptors (Lipinski definition) is 4. The number of aromatic nitrogens is 1. The van der Waals surface area contributed by atoms with E-state index in [1.165, 1.54) is 5.56 Å². The van der Waals surface area contributed by atoms with Crippen LogP contribution < -0.4 is 15.0 Å². The van der Waals surface area contributed by atoms with E-state index >= 15 is 0 Å². The lowest BCUT2D eigenvalue weighted by Gasteiger charge is -2.19. The molecule has 3 aromatic rings. The van der Waals surface area contributed by atoms with Gasteiger partial charge in [0.15, 0.2) is 0 Å². The van der Waals surface area contributed by atoms with Crippen LogP contribution in [0.4, 0.5) is 17.1 Å². The van der Waals surface area contributed by atoms with E-state index in [1.54, 1.807) is 37.7 Å². The van der Waals surface area contributed by atoms with Crippen molar-refractivity contribution in [1.29, 1.82) is 0 Å². The lowest BCUT2D eigenvalue weighted by molar-refractivity contribution is 0.102. The van der Waals surface area contributed by atoms with Gasteiger partial charge in [-0.25, -0.2) is 0 Å². The van der Waals surface area contributed by atoms with E-state index in [4.69, 9.17) is 16.3 Å². The summed E-state index contributed by atoms with van der Waals surface area (Å²) in [6.07, 6.45) is 4.31. The molecule has 2 aromatic carbocycles. The third-order valence-corrected chi connectivity index (χ3v) is 4.83. The number of nitrogens with one attached hydrogen (secondary N) is 1. The lowest BCUT2D eigenvalue weighted by Crippen LogP contribution is -2.17. The molecule has 1 amide bonds. The highest BCUT2D eigenvalue weighted by molar-refractivity contribution is 6.31. The minimum atomic E-state index is -0.266. The molecule has 0 bridgehead atoms. The third kappa shape index (κ3) is 3.46. The van der Waals surface area contributed by atoms with Crippen molar-refractivity contribution >= 4 is 34.6 Å². The van der Waals surface area contributed by atoms with Crippen LogP contribution in [0.2, 0.25) is 5.02 Å². The van der Waals surface area contributed by atoms with E-state index in [1.807, 2.05) is 18.2 Å². The number of halogens is 1. The molecule has 1 aliphatic heterocycles. The summed E-state index contributed by atoms with van der Waals surface area (Å²) in [5, 5.41) is 3.37. The molecule has 1 aromatic heterocycles. The molecule has 1 aliphatic rings. The van der Waals surface area contributed by atoms with E-state index in [0.717, 1.165) is 24.3 Å². The number of anilines is 3. The van der Waals surface area contributed by atoms with Crippen molar-refractivity contribution < 1.29 is 9.53 Å². The number of carbonyl (C=O) groups excluding carboxylic acids is 1. The van der Waals surface area contributed by atoms with Crippen LogP contribution in [0.1, 0.15) is 15.9 Å². The summed E-state index contributed by atoms with van der Waals surface area (Å²) in [6, 6.07) is 15.2. The van der Waals surface area contributed by atoms with Crippen molar-refractivity contribution in [3.05, 3.63) is 77.1 Å². The summed E-state index contributed by atoms with van der Waals surface area (Å²) < 4.78 is 5.28. The second kappa shape index (κ2) is 7.29. The van der Waals surface area contributed by atoms with Crippen LogP contribution in [0.3, 0.4) is 0 Å². The van der Waals surface area contributed by atoms with Gasteiger partial charge in [-0.15, -0.1) is 0 Å². The predicted octanol–water partition coefficient (Wildman–Crippen LogP) is 4.69. The average Bonchev–Trinajstić information content (AvgIpc) is 3.12. The molecule has 136 valence electrons. The number of benzene rings is 2. The van der Waals surface area contributed by atoms with E-state index in [-0.39, 0.29) is 5.91 Å². The van der Waals surface area contributed by atoms with Gasteiger partial charge in [-0.1, -0.05) is 29.8 Å². The SMILES string of the molecule is COc1ccc(Cl)cc1NC(=O)c1cncc(N2CCc3ccccc32)c1. The number of nitrogens with zero attached hydrogens (tertiary/aromatic N) is 2. The second-order valence-electron chi connectivity index (χ2n) is 6.26. The van der Waals surface area contributed by atoms with E-state index in [2.05, 4.69) is 27.3 Å². The van der Waals surface area contributed by atoms with Gasteiger partial charge in [0, 0.05) is 23.5 Å². The van der Waals surface area contributed by atoms with Gasteiger partial charge < -0.3 is 15.0 Å². The minimum absolute atomic E-state index is 0.266. The Morgan fingerprint density at radius 1 is 1.19 bits per heavy atom. The van der Waals surface area contributed by atoms with Gasteiger partial charge in [-0.2, -0.15) is 0 Å². The van der Waals surface area contributed by atoms with Crippen molar-refractivity contribution in [2.24, 2.45) is 0 Å². The molecule has 0 fully saturated rings. The van der Waals surface area contributed by atoms with E-state index < -0.39 is 0 Å². The first-order valence-corrected chi connectivity index (χ1v) is 8.99. The normalized spacial score (nSPS) is 12.6. The van der Waals surface area contributed by atoms with Crippen molar-refractivity contribution in [2.75, 3.05) is 23.9 Å². The van der Waals surface area contributed by atoms with Gasteiger partial charge in [0.1, 0.15) is 5.75 Å².